The number of hydrogen-bond donors (Lipinski definition) is 3. The second-order valence-corrected chi connectivity index (χ2v) is 4.21. The Morgan fingerprint density at radius 3 is 3.12 bits per heavy atom. The van der Waals surface area contributed by atoms with Gasteiger partial charge in [-0.15, -0.1) is 10.2 Å². The molecule has 0 unspecified atom stereocenters. The highest BCUT2D eigenvalue weighted by Gasteiger charge is 2.12. The Labute approximate surface area is 102 Å². The third kappa shape index (κ3) is 3.00. The smallest absolute Gasteiger partial charge is 0.282 e. The molecule has 1 amide bonds. The van der Waals surface area contributed by atoms with E-state index in [0.717, 1.165) is 12.1 Å². The summed E-state index contributed by atoms with van der Waals surface area (Å²) < 4.78 is 0. The molecule has 0 saturated carbocycles. The van der Waals surface area contributed by atoms with Gasteiger partial charge >= 0.3 is 0 Å². The molecule has 0 saturated heterocycles. The van der Waals surface area contributed by atoms with Crippen molar-refractivity contribution in [3.8, 4) is 0 Å². The number of nitrogens with one attached hydrogen (secondary N) is 3. The number of aromatic nitrogens is 4. The SMILES string of the molecule is CCNc1nnc(C(=O)NCc2cn[nH]c2)s1. The quantitative estimate of drug-likeness (QED) is 0.725. The van der Waals surface area contributed by atoms with Crippen LogP contribution in [0.25, 0.3) is 0 Å². The largest absolute Gasteiger partial charge is 0.360 e. The molecule has 0 aliphatic carbocycles. The van der Waals surface area contributed by atoms with Crippen molar-refractivity contribution < 1.29 is 4.79 Å². The number of anilines is 1. The second-order valence-electron chi connectivity index (χ2n) is 3.23. The van der Waals surface area contributed by atoms with Crippen LogP contribution in [0.3, 0.4) is 0 Å². The highest BCUT2D eigenvalue weighted by atomic mass is 32.1. The van der Waals surface area contributed by atoms with Crippen LogP contribution in [0.1, 0.15) is 22.3 Å². The van der Waals surface area contributed by atoms with Gasteiger partial charge in [0.25, 0.3) is 5.91 Å². The van der Waals surface area contributed by atoms with Crippen LogP contribution in [0.2, 0.25) is 0 Å². The lowest BCUT2D eigenvalue weighted by molar-refractivity contribution is 0.0950. The van der Waals surface area contributed by atoms with Crippen LogP contribution < -0.4 is 10.6 Å². The predicted octanol–water partition coefficient (Wildman–Crippen LogP) is 0.623. The number of aromatic amines is 1. The van der Waals surface area contributed by atoms with E-state index in [1.54, 1.807) is 12.4 Å². The van der Waals surface area contributed by atoms with Gasteiger partial charge in [0.2, 0.25) is 10.1 Å². The normalized spacial score (nSPS) is 10.2. The summed E-state index contributed by atoms with van der Waals surface area (Å²) in [5, 5.41) is 20.9. The molecule has 0 bridgehead atoms. The lowest BCUT2D eigenvalue weighted by Gasteiger charge is -1.98. The van der Waals surface area contributed by atoms with Gasteiger partial charge in [-0.1, -0.05) is 11.3 Å². The molecule has 7 nitrogen and oxygen atoms in total. The van der Waals surface area contributed by atoms with Crippen LogP contribution >= 0.6 is 11.3 Å². The zero-order valence-corrected chi connectivity index (χ0v) is 10.0. The molecule has 17 heavy (non-hydrogen) atoms. The van der Waals surface area contributed by atoms with Gasteiger partial charge in [0.05, 0.1) is 6.20 Å². The van der Waals surface area contributed by atoms with Crippen molar-refractivity contribution in [1.29, 1.82) is 0 Å². The number of rotatable bonds is 5. The van der Waals surface area contributed by atoms with Crippen molar-refractivity contribution in [2.45, 2.75) is 13.5 Å². The maximum atomic E-state index is 11.7. The van der Waals surface area contributed by atoms with Crippen molar-refractivity contribution in [1.82, 2.24) is 25.7 Å². The van der Waals surface area contributed by atoms with Gasteiger partial charge in [-0.3, -0.25) is 9.89 Å². The van der Waals surface area contributed by atoms with Crippen LogP contribution in [-0.4, -0.2) is 32.8 Å². The van der Waals surface area contributed by atoms with E-state index in [2.05, 4.69) is 31.0 Å². The highest BCUT2D eigenvalue weighted by Crippen LogP contribution is 2.14. The van der Waals surface area contributed by atoms with Crippen molar-refractivity contribution in [2.75, 3.05) is 11.9 Å². The summed E-state index contributed by atoms with van der Waals surface area (Å²) in [6.07, 6.45) is 3.38. The number of hydrogen-bond acceptors (Lipinski definition) is 6. The van der Waals surface area contributed by atoms with E-state index in [1.807, 2.05) is 6.92 Å². The zero-order chi connectivity index (χ0) is 12.1. The lowest BCUT2D eigenvalue weighted by Crippen LogP contribution is -2.22. The fourth-order valence-corrected chi connectivity index (χ4v) is 1.90. The van der Waals surface area contributed by atoms with Crippen molar-refractivity contribution in [3.05, 3.63) is 23.0 Å². The molecule has 8 heteroatoms. The minimum Gasteiger partial charge on any atom is -0.360 e. The molecule has 90 valence electrons. The summed E-state index contributed by atoms with van der Waals surface area (Å²) in [6, 6.07) is 0. The van der Waals surface area contributed by atoms with Crippen molar-refractivity contribution in [2.24, 2.45) is 0 Å². The van der Waals surface area contributed by atoms with Gasteiger partial charge in [-0.25, -0.2) is 0 Å². The second kappa shape index (κ2) is 5.39. The lowest BCUT2D eigenvalue weighted by atomic mass is 10.3. The van der Waals surface area contributed by atoms with Crippen LogP contribution in [0.15, 0.2) is 12.4 Å². The summed E-state index contributed by atoms with van der Waals surface area (Å²) in [5.41, 5.74) is 0.912. The minimum atomic E-state index is -0.229. The number of nitrogens with zero attached hydrogens (tertiary/aromatic N) is 3. The Morgan fingerprint density at radius 2 is 2.41 bits per heavy atom. The molecule has 0 atom stereocenters. The van der Waals surface area contributed by atoms with Crippen LogP contribution in [0.5, 0.6) is 0 Å². The average Bonchev–Trinajstić information content (AvgIpc) is 2.97. The molecule has 0 aliphatic rings. The van der Waals surface area contributed by atoms with Gasteiger partial charge < -0.3 is 10.6 Å². The van der Waals surface area contributed by atoms with Crippen LogP contribution in [0.4, 0.5) is 5.13 Å². The summed E-state index contributed by atoms with van der Waals surface area (Å²) >= 11 is 1.23. The third-order valence-electron chi connectivity index (χ3n) is 1.96. The molecule has 2 rings (SSSR count). The Bertz CT molecular complexity index is 479. The molecule has 0 aromatic carbocycles. The van der Waals surface area contributed by atoms with Gasteiger partial charge in [-0.05, 0) is 6.92 Å². The standard InChI is InChI=1S/C9H12N6OS/c1-2-10-9-15-14-8(17-9)7(16)11-3-6-4-12-13-5-6/h4-5H,2-3H2,1H3,(H,10,15)(H,11,16)(H,12,13). The van der Waals surface area contributed by atoms with E-state index < -0.39 is 0 Å². The number of H-pyrrole nitrogens is 1. The first kappa shape index (κ1) is 11.5. The zero-order valence-electron chi connectivity index (χ0n) is 9.23. The van der Waals surface area contributed by atoms with Gasteiger partial charge in [-0.2, -0.15) is 5.10 Å². The molecule has 2 heterocycles. The first-order valence-corrected chi connectivity index (χ1v) is 5.94. The summed E-state index contributed by atoms with van der Waals surface area (Å²) in [7, 11) is 0. The maximum absolute atomic E-state index is 11.7. The first-order valence-electron chi connectivity index (χ1n) is 5.13. The summed E-state index contributed by atoms with van der Waals surface area (Å²) in [5.74, 6) is -0.229. The molecular formula is C9H12N6OS. The van der Waals surface area contributed by atoms with Crippen LogP contribution in [0, 0.1) is 0 Å². The van der Waals surface area contributed by atoms with E-state index >= 15 is 0 Å². The van der Waals surface area contributed by atoms with Crippen LogP contribution in [-0.2, 0) is 6.54 Å². The highest BCUT2D eigenvalue weighted by molar-refractivity contribution is 7.17. The summed E-state index contributed by atoms with van der Waals surface area (Å²) in [6.45, 7) is 3.14. The van der Waals surface area contributed by atoms with Crippen molar-refractivity contribution in [3.63, 3.8) is 0 Å². The minimum absolute atomic E-state index is 0.229. The topological polar surface area (TPSA) is 95.6 Å². The van der Waals surface area contributed by atoms with E-state index in [1.165, 1.54) is 11.3 Å². The first-order chi connectivity index (χ1) is 8.29. The maximum Gasteiger partial charge on any atom is 0.282 e. The van der Waals surface area contributed by atoms with Gasteiger partial charge in [0.1, 0.15) is 0 Å². The Hall–Kier alpha value is -1.96. The van der Waals surface area contributed by atoms with Gasteiger partial charge in [0, 0.05) is 24.8 Å². The summed E-state index contributed by atoms with van der Waals surface area (Å²) in [4.78, 5) is 11.7. The Morgan fingerprint density at radius 1 is 1.53 bits per heavy atom. The fourth-order valence-electron chi connectivity index (χ4n) is 1.17. The van der Waals surface area contributed by atoms with E-state index in [-0.39, 0.29) is 5.91 Å². The Kier molecular flexibility index (Phi) is 3.66. The number of amides is 1. The number of carbonyl (C=O) groups excluding carboxylic acids is 1. The van der Waals surface area contributed by atoms with E-state index in [0.29, 0.717) is 16.7 Å². The monoisotopic (exact) mass is 252 g/mol. The molecule has 2 aromatic heterocycles. The predicted molar refractivity (Wildman–Crippen MR) is 63.8 cm³/mol. The molecule has 3 N–H and O–H groups in total. The van der Waals surface area contributed by atoms with E-state index in [9.17, 15) is 4.79 Å². The fraction of sp³-hybridized carbons (Fsp3) is 0.333. The molecule has 0 radical (unpaired) electrons. The molecule has 2 aromatic rings. The molecular weight excluding hydrogens is 240 g/mol. The molecule has 0 fully saturated rings. The number of carbonyl (C=O) groups is 1. The van der Waals surface area contributed by atoms with Crippen molar-refractivity contribution >= 4 is 22.4 Å². The van der Waals surface area contributed by atoms with E-state index in [4.69, 9.17) is 0 Å². The van der Waals surface area contributed by atoms with Gasteiger partial charge in [0.15, 0.2) is 0 Å². The third-order valence-corrected chi connectivity index (χ3v) is 2.83. The average molecular weight is 252 g/mol. The Balaban J connectivity index is 1.90. The molecule has 0 spiro atoms. The molecule has 0 aliphatic heterocycles.